The number of fused-ring (bicyclic) bond motifs is 1. The van der Waals surface area contributed by atoms with E-state index < -0.39 is 10.0 Å². The van der Waals surface area contributed by atoms with E-state index in [0.29, 0.717) is 23.9 Å². The van der Waals surface area contributed by atoms with Gasteiger partial charge in [0.25, 0.3) is 0 Å². The molecule has 1 aliphatic heterocycles. The Bertz CT molecular complexity index is 1110. The molecule has 0 N–H and O–H groups in total. The molecule has 170 valence electrons. The van der Waals surface area contributed by atoms with Crippen LogP contribution in [-0.4, -0.2) is 43.8 Å². The second-order valence-corrected chi connectivity index (χ2v) is 10.9. The normalized spacial score (nSPS) is 17.8. The maximum atomic E-state index is 13.6. The van der Waals surface area contributed by atoms with Gasteiger partial charge in [0.2, 0.25) is 10.0 Å². The Labute approximate surface area is 192 Å². The van der Waals surface area contributed by atoms with Crippen molar-refractivity contribution in [3.05, 3.63) is 78.4 Å². The molecule has 0 spiro atoms. The number of nitrogens with zero attached hydrogens (tertiary/aromatic N) is 2. The average Bonchev–Trinajstić information content (AvgIpc) is 2.82. The van der Waals surface area contributed by atoms with Crippen LogP contribution in [0.1, 0.15) is 38.2 Å². The summed E-state index contributed by atoms with van der Waals surface area (Å²) in [7, 11) is -3.53. The molecule has 5 heteroatoms. The number of unbranched alkanes of at least 4 members (excludes halogenated alkanes) is 1. The number of rotatable bonds is 9. The SMILES string of the molecule is CCCCN(CC1CCCN(Cc2ccccc2)C1)S(=O)(=O)c1ccc2ccccc2c1. The Morgan fingerprint density at radius 2 is 1.72 bits per heavy atom. The summed E-state index contributed by atoms with van der Waals surface area (Å²) >= 11 is 0. The fourth-order valence-electron chi connectivity index (χ4n) is 4.69. The molecule has 1 unspecified atom stereocenters. The van der Waals surface area contributed by atoms with Crippen LogP contribution in [0.15, 0.2) is 77.7 Å². The van der Waals surface area contributed by atoms with E-state index in [1.807, 2.05) is 42.5 Å². The Morgan fingerprint density at radius 3 is 2.50 bits per heavy atom. The minimum Gasteiger partial charge on any atom is -0.299 e. The van der Waals surface area contributed by atoms with Gasteiger partial charge in [-0.05, 0) is 60.2 Å². The van der Waals surface area contributed by atoms with Crippen LogP contribution in [0.3, 0.4) is 0 Å². The topological polar surface area (TPSA) is 40.6 Å². The van der Waals surface area contributed by atoms with Crippen molar-refractivity contribution >= 4 is 20.8 Å². The molecule has 0 saturated carbocycles. The van der Waals surface area contributed by atoms with Gasteiger partial charge in [-0.15, -0.1) is 0 Å². The molecule has 0 amide bonds. The summed E-state index contributed by atoms with van der Waals surface area (Å²) in [6.07, 6.45) is 4.07. The van der Waals surface area contributed by atoms with Gasteiger partial charge in [0.1, 0.15) is 0 Å². The molecule has 3 aromatic carbocycles. The van der Waals surface area contributed by atoms with Gasteiger partial charge in [-0.2, -0.15) is 4.31 Å². The number of likely N-dealkylation sites (tertiary alicyclic amines) is 1. The Balaban J connectivity index is 1.50. The summed E-state index contributed by atoms with van der Waals surface area (Å²) in [5.74, 6) is 0.361. The van der Waals surface area contributed by atoms with Crippen molar-refractivity contribution < 1.29 is 8.42 Å². The lowest BCUT2D eigenvalue weighted by Crippen LogP contribution is -2.43. The van der Waals surface area contributed by atoms with Crippen molar-refractivity contribution in [3.8, 4) is 0 Å². The fraction of sp³-hybridized carbons (Fsp3) is 0.407. The quantitative estimate of drug-likeness (QED) is 0.430. The molecule has 1 fully saturated rings. The molecule has 0 aliphatic carbocycles. The van der Waals surface area contributed by atoms with Crippen molar-refractivity contribution in [2.45, 2.75) is 44.0 Å². The Kier molecular flexibility index (Phi) is 7.61. The summed E-state index contributed by atoms with van der Waals surface area (Å²) in [5, 5.41) is 2.03. The first-order chi connectivity index (χ1) is 15.6. The lowest BCUT2D eigenvalue weighted by atomic mass is 9.97. The van der Waals surface area contributed by atoms with Gasteiger partial charge in [0, 0.05) is 26.2 Å². The van der Waals surface area contributed by atoms with Crippen LogP contribution in [0.2, 0.25) is 0 Å². The lowest BCUT2D eigenvalue weighted by Gasteiger charge is -2.35. The maximum Gasteiger partial charge on any atom is 0.243 e. The second-order valence-electron chi connectivity index (χ2n) is 8.95. The fourth-order valence-corrected chi connectivity index (χ4v) is 6.29. The number of hydrogen-bond acceptors (Lipinski definition) is 3. The summed E-state index contributed by atoms with van der Waals surface area (Å²) in [6, 6.07) is 24.0. The van der Waals surface area contributed by atoms with Crippen molar-refractivity contribution in [1.82, 2.24) is 9.21 Å². The highest BCUT2D eigenvalue weighted by molar-refractivity contribution is 7.89. The molecule has 0 bridgehead atoms. The minimum absolute atomic E-state index is 0.361. The number of benzene rings is 3. The van der Waals surface area contributed by atoms with Crippen LogP contribution in [0.4, 0.5) is 0 Å². The van der Waals surface area contributed by atoms with Crippen LogP contribution < -0.4 is 0 Å². The first kappa shape index (κ1) is 23.0. The van der Waals surface area contributed by atoms with Gasteiger partial charge in [-0.25, -0.2) is 8.42 Å². The predicted octanol–water partition coefficient (Wildman–Crippen LogP) is 5.54. The first-order valence-corrected chi connectivity index (χ1v) is 13.3. The van der Waals surface area contributed by atoms with E-state index in [1.165, 1.54) is 5.56 Å². The molecule has 4 rings (SSSR count). The van der Waals surface area contributed by atoms with Crippen LogP contribution in [0, 0.1) is 5.92 Å². The molecular formula is C27H34N2O2S. The molecule has 32 heavy (non-hydrogen) atoms. The van der Waals surface area contributed by atoms with E-state index in [-0.39, 0.29) is 0 Å². The van der Waals surface area contributed by atoms with Crippen LogP contribution in [0.5, 0.6) is 0 Å². The number of piperidine rings is 1. The molecule has 0 aromatic heterocycles. The van der Waals surface area contributed by atoms with Gasteiger partial charge in [-0.1, -0.05) is 74.0 Å². The monoisotopic (exact) mass is 450 g/mol. The maximum absolute atomic E-state index is 13.6. The molecule has 4 nitrogen and oxygen atoms in total. The minimum atomic E-state index is -3.53. The third kappa shape index (κ3) is 5.58. The molecule has 1 aliphatic rings. The first-order valence-electron chi connectivity index (χ1n) is 11.8. The van der Waals surface area contributed by atoms with E-state index in [4.69, 9.17) is 0 Å². The predicted molar refractivity (Wildman–Crippen MR) is 132 cm³/mol. The van der Waals surface area contributed by atoms with E-state index in [0.717, 1.165) is 56.1 Å². The molecule has 1 atom stereocenters. The van der Waals surface area contributed by atoms with Gasteiger partial charge in [0.15, 0.2) is 0 Å². The lowest BCUT2D eigenvalue weighted by molar-refractivity contribution is 0.150. The summed E-state index contributed by atoms with van der Waals surface area (Å²) in [5.41, 5.74) is 1.32. The van der Waals surface area contributed by atoms with Crippen LogP contribution >= 0.6 is 0 Å². The van der Waals surface area contributed by atoms with E-state index in [9.17, 15) is 8.42 Å². The van der Waals surface area contributed by atoms with E-state index in [2.05, 4.69) is 36.1 Å². The second kappa shape index (κ2) is 10.6. The highest BCUT2D eigenvalue weighted by atomic mass is 32.2. The standard InChI is InChI=1S/C27H34N2O2S/c1-2-3-18-29(32(30,31)27-16-15-25-13-7-8-14-26(25)19-27)22-24-12-9-17-28(21-24)20-23-10-5-4-6-11-23/h4-8,10-11,13-16,19,24H,2-3,9,12,17-18,20-22H2,1H3. The summed E-state index contributed by atoms with van der Waals surface area (Å²) in [6.45, 7) is 6.26. The summed E-state index contributed by atoms with van der Waals surface area (Å²) < 4.78 is 29.0. The summed E-state index contributed by atoms with van der Waals surface area (Å²) in [4.78, 5) is 2.88. The van der Waals surface area contributed by atoms with Gasteiger partial charge < -0.3 is 0 Å². The van der Waals surface area contributed by atoms with Gasteiger partial charge in [-0.3, -0.25) is 4.90 Å². The van der Waals surface area contributed by atoms with Crippen molar-refractivity contribution in [3.63, 3.8) is 0 Å². The molecule has 3 aromatic rings. The van der Waals surface area contributed by atoms with Crippen molar-refractivity contribution in [2.75, 3.05) is 26.2 Å². The van der Waals surface area contributed by atoms with Gasteiger partial charge in [0.05, 0.1) is 4.90 Å². The van der Waals surface area contributed by atoms with Gasteiger partial charge >= 0.3 is 0 Å². The molecule has 0 radical (unpaired) electrons. The highest BCUT2D eigenvalue weighted by Crippen LogP contribution is 2.26. The largest absolute Gasteiger partial charge is 0.299 e. The smallest absolute Gasteiger partial charge is 0.243 e. The van der Waals surface area contributed by atoms with Crippen LogP contribution in [0.25, 0.3) is 10.8 Å². The molecule has 1 saturated heterocycles. The number of hydrogen-bond donors (Lipinski definition) is 0. The average molecular weight is 451 g/mol. The zero-order chi connectivity index (χ0) is 22.4. The van der Waals surface area contributed by atoms with E-state index in [1.54, 1.807) is 10.4 Å². The van der Waals surface area contributed by atoms with Crippen LogP contribution in [-0.2, 0) is 16.6 Å². The third-order valence-corrected chi connectivity index (χ3v) is 8.29. The third-order valence-electron chi connectivity index (χ3n) is 6.43. The Morgan fingerprint density at radius 1 is 0.969 bits per heavy atom. The Hall–Kier alpha value is -2.21. The molecular weight excluding hydrogens is 416 g/mol. The van der Waals surface area contributed by atoms with Crippen molar-refractivity contribution in [2.24, 2.45) is 5.92 Å². The zero-order valence-electron chi connectivity index (χ0n) is 19.0. The van der Waals surface area contributed by atoms with E-state index >= 15 is 0 Å². The molecule has 1 heterocycles. The zero-order valence-corrected chi connectivity index (χ0v) is 19.8. The number of sulfonamides is 1. The van der Waals surface area contributed by atoms with Crippen molar-refractivity contribution in [1.29, 1.82) is 0 Å². The highest BCUT2D eigenvalue weighted by Gasteiger charge is 2.29.